The number of carbonyl (C=O) groups excluding carboxylic acids is 12. The number of fused-ring (bicyclic) bond motifs is 1. The molecule has 1 fully saturated rings. The molecular weight excluding hydrogens is 1470 g/mol. The van der Waals surface area contributed by atoms with Crippen LogP contribution in [0.3, 0.4) is 0 Å². The maximum absolute atomic E-state index is 14.2. The lowest BCUT2D eigenvalue weighted by atomic mass is 9.96. The molecule has 34 heteroatoms. The molecule has 1 aromatic heterocycles. The molecular formula is C79H121N13O21. The number of nitrogens with zero attached hydrogens (tertiary/aromatic N) is 1. The highest BCUT2D eigenvalue weighted by Crippen LogP contribution is 2.23. The Labute approximate surface area is 659 Å². The van der Waals surface area contributed by atoms with Crippen molar-refractivity contribution >= 4 is 99.7 Å². The minimum absolute atomic E-state index is 0.0292. The minimum Gasteiger partial charge on any atom is -0.481 e. The number of nitrogens with one attached hydrogen (secondary N) is 11. The normalized spacial score (nSPS) is 16.2. The van der Waals surface area contributed by atoms with Crippen molar-refractivity contribution in [3.8, 4) is 0 Å². The van der Waals surface area contributed by atoms with Gasteiger partial charge in [0.05, 0.1) is 25.2 Å². The zero-order valence-corrected chi connectivity index (χ0v) is 66.2. The van der Waals surface area contributed by atoms with Gasteiger partial charge in [-0.3, -0.25) is 62.3 Å². The van der Waals surface area contributed by atoms with E-state index >= 15 is 0 Å². The molecule has 12 amide bonds. The number of rotatable bonds is 54. The molecule has 19 N–H and O–H groups in total. The molecule has 14 atom stereocenters. The lowest BCUT2D eigenvalue weighted by Gasteiger charge is -2.30. The van der Waals surface area contributed by atoms with Crippen LogP contribution in [-0.4, -0.2) is 221 Å². The summed E-state index contributed by atoms with van der Waals surface area (Å²) in [5.74, 6) is -15.2. The number of nitrogens with two attached hydrogens (primary N) is 1. The Kier molecular flexibility index (Phi) is 41.7. The number of unbranched alkanes of at least 4 members (excludes halogenated alkanes) is 11. The van der Waals surface area contributed by atoms with Crippen LogP contribution in [0.25, 0.3) is 10.9 Å². The number of aliphatic carboxylic acids is 3. The first-order chi connectivity index (χ1) is 53.5. The van der Waals surface area contributed by atoms with Crippen molar-refractivity contribution in [3.63, 3.8) is 0 Å². The number of aliphatic hydroxyl groups excluding tert-OH is 3. The molecule has 2 heterocycles. The molecule has 113 heavy (non-hydrogen) atoms. The number of likely N-dealkylation sites (tertiary alicyclic amines) is 1. The number of aliphatic hydroxyl groups is 3. The number of carboxylic acid groups (broad SMARTS) is 3. The Morgan fingerprint density at radius 1 is 0.487 bits per heavy atom. The largest absolute Gasteiger partial charge is 0.481 e. The number of aromatic amines is 1. The maximum Gasteiger partial charge on any atom is 0.326 e. The molecule has 4 rings (SSSR count). The van der Waals surface area contributed by atoms with Crippen molar-refractivity contribution in [2.24, 2.45) is 23.5 Å². The molecule has 0 radical (unpaired) electrons. The van der Waals surface area contributed by atoms with Crippen molar-refractivity contribution < 1.29 is 103 Å². The van der Waals surface area contributed by atoms with Gasteiger partial charge in [0.1, 0.15) is 66.5 Å². The summed E-state index contributed by atoms with van der Waals surface area (Å²) in [7, 11) is 0. The third-order valence-electron chi connectivity index (χ3n) is 19.8. The van der Waals surface area contributed by atoms with Gasteiger partial charge in [-0.2, -0.15) is 0 Å². The van der Waals surface area contributed by atoms with E-state index in [0.717, 1.165) is 68.7 Å². The zero-order valence-electron chi connectivity index (χ0n) is 66.2. The molecule has 0 saturated carbocycles. The van der Waals surface area contributed by atoms with Gasteiger partial charge in [-0.05, 0) is 93.7 Å². The van der Waals surface area contributed by atoms with E-state index in [2.05, 4.69) is 58.2 Å². The molecule has 0 aliphatic carbocycles. The Morgan fingerprint density at radius 2 is 0.929 bits per heavy atom. The molecule has 1 saturated heterocycles. The zero-order chi connectivity index (χ0) is 84.0. The molecule has 3 aromatic rings. The van der Waals surface area contributed by atoms with Crippen LogP contribution in [0.5, 0.6) is 0 Å². The van der Waals surface area contributed by atoms with Crippen molar-refractivity contribution in [3.05, 3.63) is 71.9 Å². The van der Waals surface area contributed by atoms with Crippen LogP contribution < -0.4 is 58.9 Å². The highest BCUT2D eigenvalue weighted by Gasteiger charge is 2.41. The van der Waals surface area contributed by atoms with Gasteiger partial charge in [0.2, 0.25) is 70.9 Å². The predicted octanol–water partition coefficient (Wildman–Crippen LogP) is 2.06. The second kappa shape index (κ2) is 49.4. The van der Waals surface area contributed by atoms with Gasteiger partial charge in [0.15, 0.2) is 0 Å². The summed E-state index contributed by atoms with van der Waals surface area (Å²) < 4.78 is 0. The molecule has 1 aliphatic heterocycles. The average molecular weight is 1590 g/mol. The van der Waals surface area contributed by atoms with Gasteiger partial charge in [0, 0.05) is 55.7 Å². The van der Waals surface area contributed by atoms with E-state index in [1.165, 1.54) is 18.7 Å². The van der Waals surface area contributed by atoms with Gasteiger partial charge in [-0.1, -0.05) is 161 Å². The Hall–Kier alpha value is -10.1. The van der Waals surface area contributed by atoms with E-state index in [9.17, 15) is 103 Å². The molecule has 0 spiro atoms. The number of primary amides is 1. The Balaban J connectivity index is 1.17. The van der Waals surface area contributed by atoms with Gasteiger partial charge >= 0.3 is 17.9 Å². The summed E-state index contributed by atoms with van der Waals surface area (Å²) in [6.45, 7) is 12.2. The van der Waals surface area contributed by atoms with Crippen LogP contribution in [0.4, 0.5) is 0 Å². The van der Waals surface area contributed by atoms with Gasteiger partial charge in [-0.15, -0.1) is 0 Å². The fraction of sp³-hybridized carbons (Fsp3) is 0.633. The van der Waals surface area contributed by atoms with Crippen molar-refractivity contribution in [2.45, 2.75) is 288 Å². The summed E-state index contributed by atoms with van der Waals surface area (Å²) in [6, 6.07) is -0.341. The lowest BCUT2D eigenvalue weighted by molar-refractivity contribution is -0.143. The quantitative estimate of drug-likeness (QED) is 0.0360. The standard InChI is InChI=1S/C79H121N13O21/c1-9-47(6)66(75(107)91-68(49(8)95)77(109)86-56(39-46(4)5)71(103)88-59(79(112)113)41-51-43-81-53-31-26-25-30-52(51)53)89-69(101)54(35-36-65(99)100)83-74(106)61-32-27-37-92(61)64(98)34-24-19-17-15-13-11-10-12-14-16-18-23-33-63(97)82-60(44-93)73(105)90-67(48(7)94)76(108)85-55(38-45(2)3)70(102)84-57(42-62(80)96)72(104)87-58(78(110)111)40-50-28-21-20-22-29-50/h20-22,25-26,28-31,43,45-49,54-61,66-68,81,93-95H,9-19,23-24,27,32-42,44H2,1-8H3,(H2,80,96)(H,82,97)(H,83,106)(H,84,102)(H,85,108)(H,86,109)(H,87,104)(H,88,103)(H,89,101)(H,90,105)(H,91,107)(H,99,100)(H,110,111)(H,112,113)/t47-,48+,49+,54-,55-,56-,57-,58-,59-,60-,61-,66-,67-,68-/m0/s1. The second-order valence-electron chi connectivity index (χ2n) is 30.3. The fourth-order valence-corrected chi connectivity index (χ4v) is 13.3. The molecule has 628 valence electrons. The number of benzene rings is 2. The van der Waals surface area contributed by atoms with Crippen LogP contribution in [0.15, 0.2) is 60.8 Å². The number of H-pyrrole nitrogens is 1. The van der Waals surface area contributed by atoms with E-state index in [1.54, 1.807) is 84.1 Å². The first-order valence-corrected chi connectivity index (χ1v) is 39.4. The smallest absolute Gasteiger partial charge is 0.326 e. The molecule has 34 nitrogen and oxygen atoms in total. The third kappa shape index (κ3) is 33.6. The molecule has 1 aliphatic rings. The first kappa shape index (κ1) is 95.3. The third-order valence-corrected chi connectivity index (χ3v) is 19.8. The highest BCUT2D eigenvalue weighted by atomic mass is 16.4. The van der Waals surface area contributed by atoms with Crippen LogP contribution in [-0.2, 0) is 84.8 Å². The summed E-state index contributed by atoms with van der Waals surface area (Å²) >= 11 is 0. The lowest BCUT2D eigenvalue weighted by Crippen LogP contribution is -2.62. The van der Waals surface area contributed by atoms with E-state index in [1.807, 2.05) is 18.2 Å². The number of carbonyl (C=O) groups is 15. The summed E-state index contributed by atoms with van der Waals surface area (Å²) in [4.78, 5) is 204. The van der Waals surface area contributed by atoms with Crippen molar-refractivity contribution in [2.75, 3.05) is 13.2 Å². The predicted molar refractivity (Wildman–Crippen MR) is 416 cm³/mol. The molecule has 0 unspecified atom stereocenters. The van der Waals surface area contributed by atoms with Crippen molar-refractivity contribution in [1.82, 2.24) is 63.1 Å². The summed E-state index contributed by atoms with van der Waals surface area (Å²) in [5.41, 5.74) is 7.37. The van der Waals surface area contributed by atoms with Gasteiger partial charge in [-0.25, -0.2) is 9.59 Å². The van der Waals surface area contributed by atoms with Crippen LogP contribution in [0.2, 0.25) is 0 Å². The van der Waals surface area contributed by atoms with E-state index < -0.39 is 187 Å². The van der Waals surface area contributed by atoms with Gasteiger partial charge in [0.25, 0.3) is 0 Å². The number of hydrogen-bond acceptors (Lipinski definition) is 18. The highest BCUT2D eigenvalue weighted by molar-refractivity contribution is 6.00. The first-order valence-electron chi connectivity index (χ1n) is 39.4. The molecule has 0 bridgehead atoms. The Bertz CT molecular complexity index is 3650. The number of amides is 12. The molecule has 2 aromatic carbocycles. The van der Waals surface area contributed by atoms with E-state index in [-0.39, 0.29) is 75.7 Å². The second-order valence-corrected chi connectivity index (χ2v) is 30.3. The number of aromatic nitrogens is 1. The summed E-state index contributed by atoms with van der Waals surface area (Å²) in [6.07, 6.45) is 7.96. The van der Waals surface area contributed by atoms with Crippen LogP contribution >= 0.6 is 0 Å². The van der Waals surface area contributed by atoms with E-state index in [0.29, 0.717) is 43.2 Å². The SMILES string of the molecule is CC[C@H](C)[C@H](NC(=O)[C@H](CCC(=O)O)NC(=O)[C@@H]1CCCN1C(=O)CCCCCCCCCCCCCCC(=O)N[C@@H](CO)C(=O)N[C@H](C(=O)N[C@@H](CC(C)C)C(=O)N[C@@H](CC(N)=O)C(=O)N[C@@H](Cc1ccccc1)C(=O)O)[C@@H](C)O)C(=O)N[C@H](C(=O)N[C@@H](CC(C)C)C(=O)N[C@@H](Cc1c[nH]c2ccccc12)C(=O)O)[C@@H](C)O. The maximum atomic E-state index is 14.2. The van der Waals surface area contributed by atoms with E-state index in [4.69, 9.17) is 5.73 Å². The van der Waals surface area contributed by atoms with Crippen LogP contribution in [0.1, 0.15) is 208 Å². The van der Waals surface area contributed by atoms with Crippen molar-refractivity contribution in [1.29, 1.82) is 0 Å². The van der Waals surface area contributed by atoms with Crippen LogP contribution in [0, 0.1) is 17.8 Å². The number of hydrogen-bond donors (Lipinski definition) is 18. The summed E-state index contributed by atoms with van der Waals surface area (Å²) in [5, 5.41) is 86.8. The monoisotopic (exact) mass is 1590 g/mol. The average Bonchev–Trinajstić information content (AvgIpc) is 1.78. The van der Waals surface area contributed by atoms with Gasteiger partial charge < -0.3 is 99.4 Å². The number of para-hydroxylation sites is 1. The topological polar surface area (TPSA) is 543 Å². The minimum atomic E-state index is -1.71. The Morgan fingerprint density at radius 3 is 1.42 bits per heavy atom. The fourth-order valence-electron chi connectivity index (χ4n) is 13.3. The number of carboxylic acids is 3.